The molecule has 8 heteroatoms. The lowest BCUT2D eigenvalue weighted by atomic mass is 10.1. The maximum atomic E-state index is 13.5. The molecule has 0 aromatic heterocycles. The molecule has 1 N–H and O–H groups in total. The molecule has 0 saturated heterocycles. The van der Waals surface area contributed by atoms with Gasteiger partial charge in [-0.15, -0.1) is 0 Å². The quantitative estimate of drug-likeness (QED) is 0.637. The standard InChI is InChI=1S/C13H13FN2O5/c14-10-7-8(1-4-11(10)16(20)21)13(19)15(9-2-3-9)6-5-12(17)18/h1,4,7,9H,2-3,5-6H2,(H,17,18). The third-order valence-electron chi connectivity index (χ3n) is 3.21. The molecule has 112 valence electrons. The molecule has 1 saturated carbocycles. The van der Waals surface area contributed by atoms with Gasteiger partial charge in [-0.1, -0.05) is 0 Å². The Morgan fingerprint density at radius 1 is 1.43 bits per heavy atom. The highest BCUT2D eigenvalue weighted by Gasteiger charge is 2.33. The fourth-order valence-electron chi connectivity index (χ4n) is 2.01. The predicted octanol–water partition coefficient (Wildman–Crippen LogP) is 1.81. The van der Waals surface area contributed by atoms with Crippen molar-refractivity contribution in [2.75, 3.05) is 6.54 Å². The summed E-state index contributed by atoms with van der Waals surface area (Å²) in [6, 6.07) is 2.90. The molecule has 0 aliphatic heterocycles. The number of nitrogens with zero attached hydrogens (tertiary/aromatic N) is 2. The molecule has 0 spiro atoms. The smallest absolute Gasteiger partial charge is 0.305 e. The zero-order chi connectivity index (χ0) is 15.6. The molecule has 2 rings (SSSR count). The summed E-state index contributed by atoms with van der Waals surface area (Å²) in [5, 5.41) is 19.2. The summed E-state index contributed by atoms with van der Waals surface area (Å²) in [5.74, 6) is -2.62. The molecule has 1 aliphatic rings. The SMILES string of the molecule is O=C(O)CCN(C(=O)c1ccc([N+](=O)[O-])c(F)c1)C1CC1. The molecular weight excluding hydrogens is 283 g/mol. The van der Waals surface area contributed by atoms with Crippen LogP contribution in [0.2, 0.25) is 0 Å². The second-order valence-electron chi connectivity index (χ2n) is 4.80. The van der Waals surface area contributed by atoms with E-state index in [1.165, 1.54) is 11.0 Å². The summed E-state index contributed by atoms with van der Waals surface area (Å²) in [4.78, 5) is 33.9. The van der Waals surface area contributed by atoms with Gasteiger partial charge in [-0.25, -0.2) is 0 Å². The van der Waals surface area contributed by atoms with Gasteiger partial charge >= 0.3 is 11.7 Å². The number of carboxylic acid groups (broad SMARTS) is 1. The monoisotopic (exact) mass is 296 g/mol. The first-order valence-electron chi connectivity index (χ1n) is 6.37. The highest BCUT2D eigenvalue weighted by molar-refractivity contribution is 5.95. The summed E-state index contributed by atoms with van der Waals surface area (Å²) in [6.07, 6.45) is 1.36. The lowest BCUT2D eigenvalue weighted by molar-refractivity contribution is -0.387. The fourth-order valence-corrected chi connectivity index (χ4v) is 2.01. The third-order valence-corrected chi connectivity index (χ3v) is 3.21. The topological polar surface area (TPSA) is 101 Å². The zero-order valence-electron chi connectivity index (χ0n) is 11.0. The number of nitro groups is 1. The van der Waals surface area contributed by atoms with Gasteiger partial charge in [-0.3, -0.25) is 19.7 Å². The van der Waals surface area contributed by atoms with Crippen LogP contribution < -0.4 is 0 Å². The Labute approximate surface area is 119 Å². The maximum absolute atomic E-state index is 13.5. The number of rotatable bonds is 6. The number of aliphatic carboxylic acids is 1. The molecule has 1 aliphatic carbocycles. The van der Waals surface area contributed by atoms with Crippen molar-refractivity contribution >= 4 is 17.6 Å². The molecule has 21 heavy (non-hydrogen) atoms. The number of carboxylic acids is 1. The fraction of sp³-hybridized carbons (Fsp3) is 0.385. The normalized spacial score (nSPS) is 13.8. The number of carbonyl (C=O) groups is 2. The van der Waals surface area contributed by atoms with Crippen LogP contribution >= 0.6 is 0 Å². The number of hydrogen-bond acceptors (Lipinski definition) is 4. The van der Waals surface area contributed by atoms with Crippen LogP contribution in [0.3, 0.4) is 0 Å². The van der Waals surface area contributed by atoms with Gasteiger partial charge < -0.3 is 10.0 Å². The molecule has 0 radical (unpaired) electrons. The van der Waals surface area contributed by atoms with Crippen molar-refractivity contribution in [3.05, 3.63) is 39.7 Å². The minimum absolute atomic E-state index is 0.0182. The van der Waals surface area contributed by atoms with Crippen LogP contribution in [-0.4, -0.2) is 39.4 Å². The first kappa shape index (κ1) is 14.9. The molecule has 0 heterocycles. The number of nitro benzene ring substituents is 1. The Bertz CT molecular complexity index is 600. The van der Waals surface area contributed by atoms with Crippen LogP contribution in [0.5, 0.6) is 0 Å². The van der Waals surface area contributed by atoms with Gasteiger partial charge in [0.1, 0.15) is 0 Å². The first-order chi connectivity index (χ1) is 9.90. The summed E-state index contributed by atoms with van der Waals surface area (Å²) in [7, 11) is 0. The van der Waals surface area contributed by atoms with Crippen LogP contribution in [0, 0.1) is 15.9 Å². The van der Waals surface area contributed by atoms with Crippen molar-refractivity contribution in [2.24, 2.45) is 0 Å². The summed E-state index contributed by atoms with van der Waals surface area (Å²) in [5.41, 5.74) is -0.717. The third kappa shape index (κ3) is 3.53. The van der Waals surface area contributed by atoms with E-state index in [9.17, 15) is 24.1 Å². The zero-order valence-corrected chi connectivity index (χ0v) is 11.0. The second kappa shape index (κ2) is 5.86. The Morgan fingerprint density at radius 3 is 2.57 bits per heavy atom. The van der Waals surface area contributed by atoms with E-state index in [-0.39, 0.29) is 24.6 Å². The van der Waals surface area contributed by atoms with Gasteiger partial charge in [0.25, 0.3) is 5.91 Å². The maximum Gasteiger partial charge on any atom is 0.305 e. The largest absolute Gasteiger partial charge is 0.481 e. The molecule has 1 amide bonds. The summed E-state index contributed by atoms with van der Waals surface area (Å²) < 4.78 is 13.5. The van der Waals surface area contributed by atoms with E-state index in [2.05, 4.69) is 0 Å². The molecule has 7 nitrogen and oxygen atoms in total. The van der Waals surface area contributed by atoms with Gasteiger partial charge in [-0.2, -0.15) is 4.39 Å². The average Bonchev–Trinajstić information content (AvgIpc) is 3.22. The van der Waals surface area contributed by atoms with Crippen molar-refractivity contribution in [1.29, 1.82) is 0 Å². The van der Waals surface area contributed by atoms with Gasteiger partial charge in [0.05, 0.1) is 11.3 Å². The second-order valence-corrected chi connectivity index (χ2v) is 4.80. The summed E-state index contributed by atoms with van der Waals surface area (Å²) >= 11 is 0. The van der Waals surface area contributed by atoms with Crippen molar-refractivity contribution in [2.45, 2.75) is 25.3 Å². The molecule has 1 aromatic carbocycles. The Morgan fingerprint density at radius 2 is 2.10 bits per heavy atom. The van der Waals surface area contributed by atoms with Gasteiger partial charge in [0, 0.05) is 24.2 Å². The lowest BCUT2D eigenvalue weighted by Gasteiger charge is -2.21. The van der Waals surface area contributed by atoms with E-state index in [0.717, 1.165) is 25.0 Å². The van der Waals surface area contributed by atoms with E-state index in [0.29, 0.717) is 0 Å². The minimum Gasteiger partial charge on any atom is -0.481 e. The number of halogens is 1. The molecule has 1 fully saturated rings. The van der Waals surface area contributed by atoms with Crippen LogP contribution in [0.15, 0.2) is 18.2 Å². The van der Waals surface area contributed by atoms with Crippen molar-refractivity contribution in [3.8, 4) is 0 Å². The molecule has 1 aromatic rings. The van der Waals surface area contributed by atoms with Crippen LogP contribution in [0.1, 0.15) is 29.6 Å². The van der Waals surface area contributed by atoms with Gasteiger partial charge in [-0.05, 0) is 25.0 Å². The summed E-state index contributed by atoms with van der Waals surface area (Å²) in [6.45, 7) is 0.0391. The molecule has 0 atom stereocenters. The Kier molecular flexibility index (Phi) is 4.15. The molecular formula is C13H13FN2O5. The van der Waals surface area contributed by atoms with Crippen molar-refractivity contribution < 1.29 is 24.0 Å². The van der Waals surface area contributed by atoms with Gasteiger partial charge in [0.2, 0.25) is 5.82 Å². The van der Waals surface area contributed by atoms with Crippen LogP contribution in [-0.2, 0) is 4.79 Å². The predicted molar refractivity (Wildman–Crippen MR) is 69.4 cm³/mol. The number of benzene rings is 1. The number of amides is 1. The van der Waals surface area contributed by atoms with E-state index < -0.39 is 28.3 Å². The minimum atomic E-state index is -1.08. The lowest BCUT2D eigenvalue weighted by Crippen LogP contribution is -2.35. The first-order valence-corrected chi connectivity index (χ1v) is 6.37. The Hall–Kier alpha value is -2.51. The van der Waals surface area contributed by atoms with Gasteiger partial charge in [0.15, 0.2) is 0 Å². The Balaban J connectivity index is 2.18. The van der Waals surface area contributed by atoms with E-state index in [1.54, 1.807) is 0 Å². The van der Waals surface area contributed by atoms with Crippen LogP contribution in [0.25, 0.3) is 0 Å². The van der Waals surface area contributed by atoms with E-state index >= 15 is 0 Å². The van der Waals surface area contributed by atoms with Crippen LogP contribution in [0.4, 0.5) is 10.1 Å². The number of hydrogen-bond donors (Lipinski definition) is 1. The molecule has 0 unspecified atom stereocenters. The van der Waals surface area contributed by atoms with Crippen molar-refractivity contribution in [1.82, 2.24) is 4.90 Å². The van der Waals surface area contributed by atoms with E-state index in [4.69, 9.17) is 5.11 Å². The average molecular weight is 296 g/mol. The van der Waals surface area contributed by atoms with Crippen molar-refractivity contribution in [3.63, 3.8) is 0 Å². The highest BCUT2D eigenvalue weighted by atomic mass is 19.1. The highest BCUT2D eigenvalue weighted by Crippen LogP contribution is 2.29. The number of carbonyl (C=O) groups excluding carboxylic acids is 1. The van der Waals surface area contributed by atoms with E-state index in [1.807, 2.05) is 0 Å². The molecule has 0 bridgehead atoms.